The minimum atomic E-state index is -0.211. The number of benzene rings is 1. The number of thioether (sulfide) groups is 1. The number of hydrogen-bond donors (Lipinski definition) is 1. The van der Waals surface area contributed by atoms with E-state index in [1.54, 1.807) is 11.8 Å². The molecule has 1 nitrogen and oxygen atoms in total. The van der Waals surface area contributed by atoms with Crippen molar-refractivity contribution in [2.45, 2.75) is 44.1 Å². The van der Waals surface area contributed by atoms with Crippen molar-refractivity contribution in [1.82, 2.24) is 0 Å². The van der Waals surface area contributed by atoms with E-state index in [1.807, 2.05) is 24.3 Å². The first-order valence-electron chi connectivity index (χ1n) is 6.18. The van der Waals surface area contributed by atoms with Crippen LogP contribution in [0.4, 0.5) is 0 Å². The molecule has 0 heterocycles. The summed E-state index contributed by atoms with van der Waals surface area (Å²) in [6.07, 6.45) is 3.08. The van der Waals surface area contributed by atoms with Crippen molar-refractivity contribution in [1.29, 1.82) is 0 Å². The lowest BCUT2D eigenvalue weighted by atomic mass is 10.00. The minimum absolute atomic E-state index is 0.211. The number of aliphatic hydroxyl groups excluding tert-OH is 1. The fourth-order valence-electron chi connectivity index (χ4n) is 1.87. The van der Waals surface area contributed by atoms with Crippen LogP contribution in [0.3, 0.4) is 0 Å². The predicted molar refractivity (Wildman–Crippen MR) is 76.9 cm³/mol. The van der Waals surface area contributed by atoms with Crippen molar-refractivity contribution in [3.8, 4) is 0 Å². The Balaban J connectivity index is 2.27. The van der Waals surface area contributed by atoms with Crippen LogP contribution in [-0.2, 0) is 0 Å². The van der Waals surface area contributed by atoms with Gasteiger partial charge in [0.1, 0.15) is 0 Å². The molecular weight excluding hydrogens is 252 g/mol. The molecular formula is C14H21ClOS. The van der Waals surface area contributed by atoms with Gasteiger partial charge in [0.15, 0.2) is 0 Å². The van der Waals surface area contributed by atoms with Crippen molar-refractivity contribution in [2.75, 3.05) is 5.75 Å². The van der Waals surface area contributed by atoms with E-state index in [0.29, 0.717) is 5.92 Å². The molecule has 0 saturated carbocycles. The lowest BCUT2D eigenvalue weighted by molar-refractivity contribution is 0.166. The van der Waals surface area contributed by atoms with Gasteiger partial charge in [-0.05, 0) is 36.6 Å². The Morgan fingerprint density at radius 1 is 1.29 bits per heavy atom. The summed E-state index contributed by atoms with van der Waals surface area (Å²) in [7, 11) is 0. The van der Waals surface area contributed by atoms with Gasteiger partial charge < -0.3 is 5.11 Å². The van der Waals surface area contributed by atoms with Crippen molar-refractivity contribution in [3.63, 3.8) is 0 Å². The van der Waals surface area contributed by atoms with Gasteiger partial charge in [0.05, 0.1) is 6.10 Å². The highest BCUT2D eigenvalue weighted by Crippen LogP contribution is 2.23. The molecule has 0 amide bonds. The Bertz CT molecular complexity index is 313. The van der Waals surface area contributed by atoms with Crippen molar-refractivity contribution in [2.24, 2.45) is 5.92 Å². The molecule has 0 spiro atoms. The van der Waals surface area contributed by atoms with Gasteiger partial charge in [-0.1, -0.05) is 38.3 Å². The van der Waals surface area contributed by atoms with E-state index < -0.39 is 0 Å². The minimum Gasteiger partial charge on any atom is -0.392 e. The molecule has 0 radical (unpaired) electrons. The Morgan fingerprint density at radius 2 is 1.94 bits per heavy atom. The maximum atomic E-state index is 9.92. The number of rotatable bonds is 7. The van der Waals surface area contributed by atoms with Gasteiger partial charge in [0, 0.05) is 15.7 Å². The summed E-state index contributed by atoms with van der Waals surface area (Å²) in [5, 5.41) is 10.7. The lowest BCUT2D eigenvalue weighted by Crippen LogP contribution is -2.14. The summed E-state index contributed by atoms with van der Waals surface area (Å²) in [5.41, 5.74) is 0. The van der Waals surface area contributed by atoms with Gasteiger partial charge in [-0.3, -0.25) is 0 Å². The standard InChI is InChI=1S/C14H21ClOS/c1-3-4-11(2)9-13(16)10-17-14-7-5-12(15)6-8-14/h5-8,11,13,16H,3-4,9-10H2,1-2H3. The van der Waals surface area contributed by atoms with Gasteiger partial charge in [-0.15, -0.1) is 11.8 Å². The van der Waals surface area contributed by atoms with Gasteiger partial charge in [0.25, 0.3) is 0 Å². The summed E-state index contributed by atoms with van der Waals surface area (Å²) in [4.78, 5) is 1.16. The van der Waals surface area contributed by atoms with E-state index in [2.05, 4.69) is 13.8 Å². The normalized spacial score (nSPS) is 14.6. The first-order valence-corrected chi connectivity index (χ1v) is 7.54. The molecule has 1 aromatic carbocycles. The van der Waals surface area contributed by atoms with Gasteiger partial charge >= 0.3 is 0 Å². The van der Waals surface area contributed by atoms with Crippen molar-refractivity contribution >= 4 is 23.4 Å². The predicted octanol–water partition coefficient (Wildman–Crippen LogP) is 4.62. The first-order chi connectivity index (χ1) is 8.11. The third-order valence-corrected chi connectivity index (χ3v) is 4.12. The quantitative estimate of drug-likeness (QED) is 0.731. The van der Waals surface area contributed by atoms with E-state index in [0.717, 1.165) is 22.1 Å². The molecule has 1 rings (SSSR count). The highest BCUT2D eigenvalue weighted by Gasteiger charge is 2.10. The molecule has 0 aliphatic rings. The lowest BCUT2D eigenvalue weighted by Gasteiger charge is -2.15. The molecule has 0 saturated heterocycles. The van der Waals surface area contributed by atoms with Crippen LogP contribution < -0.4 is 0 Å². The second-order valence-electron chi connectivity index (χ2n) is 4.55. The average molecular weight is 273 g/mol. The Kier molecular flexibility index (Phi) is 7.02. The molecule has 1 aromatic rings. The molecule has 0 aromatic heterocycles. The zero-order chi connectivity index (χ0) is 12.7. The van der Waals surface area contributed by atoms with Gasteiger partial charge in [0.2, 0.25) is 0 Å². The summed E-state index contributed by atoms with van der Waals surface area (Å²) >= 11 is 7.51. The van der Waals surface area contributed by atoms with Crippen molar-refractivity contribution in [3.05, 3.63) is 29.3 Å². The van der Waals surface area contributed by atoms with Crippen LogP contribution >= 0.6 is 23.4 Å². The molecule has 0 aliphatic carbocycles. The fourth-order valence-corrected chi connectivity index (χ4v) is 2.84. The van der Waals surface area contributed by atoms with E-state index in [1.165, 1.54) is 12.8 Å². The van der Waals surface area contributed by atoms with Crippen LogP contribution in [0, 0.1) is 5.92 Å². The highest BCUT2D eigenvalue weighted by molar-refractivity contribution is 7.99. The second-order valence-corrected chi connectivity index (χ2v) is 6.08. The SMILES string of the molecule is CCCC(C)CC(O)CSc1ccc(Cl)cc1. The van der Waals surface area contributed by atoms with Crippen molar-refractivity contribution < 1.29 is 5.11 Å². The maximum absolute atomic E-state index is 9.92. The first kappa shape index (κ1) is 14.9. The number of aliphatic hydroxyl groups is 1. The van der Waals surface area contributed by atoms with Crippen LogP contribution in [0.1, 0.15) is 33.1 Å². The van der Waals surface area contributed by atoms with E-state index >= 15 is 0 Å². The summed E-state index contributed by atoms with van der Waals surface area (Å²) in [5.74, 6) is 1.37. The molecule has 96 valence electrons. The summed E-state index contributed by atoms with van der Waals surface area (Å²) < 4.78 is 0. The molecule has 0 bridgehead atoms. The molecule has 0 fully saturated rings. The van der Waals surface area contributed by atoms with Gasteiger partial charge in [-0.25, -0.2) is 0 Å². The van der Waals surface area contributed by atoms with E-state index in [-0.39, 0.29) is 6.10 Å². The summed E-state index contributed by atoms with van der Waals surface area (Å²) in [6.45, 7) is 4.39. The van der Waals surface area contributed by atoms with Crippen LogP contribution in [0.5, 0.6) is 0 Å². The third-order valence-electron chi connectivity index (χ3n) is 2.71. The monoisotopic (exact) mass is 272 g/mol. The van der Waals surface area contributed by atoms with Crippen LogP contribution in [0.15, 0.2) is 29.2 Å². The van der Waals surface area contributed by atoms with Crippen LogP contribution in [-0.4, -0.2) is 17.0 Å². The topological polar surface area (TPSA) is 20.2 Å². The largest absolute Gasteiger partial charge is 0.392 e. The summed E-state index contributed by atoms with van der Waals surface area (Å²) in [6, 6.07) is 7.76. The molecule has 1 N–H and O–H groups in total. The second kappa shape index (κ2) is 8.02. The maximum Gasteiger partial charge on any atom is 0.0636 e. The Hall–Kier alpha value is -0.180. The zero-order valence-corrected chi connectivity index (χ0v) is 12.1. The van der Waals surface area contributed by atoms with Crippen LogP contribution in [0.2, 0.25) is 5.02 Å². The van der Waals surface area contributed by atoms with Gasteiger partial charge in [-0.2, -0.15) is 0 Å². The van der Waals surface area contributed by atoms with Crippen LogP contribution in [0.25, 0.3) is 0 Å². The number of halogens is 1. The van der Waals surface area contributed by atoms with E-state index in [9.17, 15) is 5.11 Å². The molecule has 2 unspecified atom stereocenters. The Morgan fingerprint density at radius 3 is 2.53 bits per heavy atom. The fraction of sp³-hybridized carbons (Fsp3) is 0.571. The average Bonchev–Trinajstić information content (AvgIpc) is 2.28. The molecule has 17 heavy (non-hydrogen) atoms. The zero-order valence-electron chi connectivity index (χ0n) is 10.5. The number of hydrogen-bond acceptors (Lipinski definition) is 2. The molecule has 0 aliphatic heterocycles. The smallest absolute Gasteiger partial charge is 0.0636 e. The third kappa shape index (κ3) is 6.35. The highest BCUT2D eigenvalue weighted by atomic mass is 35.5. The Labute approximate surface area is 114 Å². The molecule has 2 atom stereocenters. The van der Waals surface area contributed by atoms with E-state index in [4.69, 9.17) is 11.6 Å². The molecule has 3 heteroatoms.